The molecule has 1 nitrogen and oxygen atoms in total. The molecule has 1 heteroatoms. The van der Waals surface area contributed by atoms with Crippen LogP contribution in [0.4, 0.5) is 0 Å². The number of hydrogen-bond acceptors (Lipinski definition) is 1. The van der Waals surface area contributed by atoms with Gasteiger partial charge in [0.15, 0.2) is 0 Å². The topological polar surface area (TPSA) is 23.8 Å². The Morgan fingerprint density at radius 3 is 1.82 bits per heavy atom. The molecule has 4 rings (SSSR count). The van der Waals surface area contributed by atoms with Crippen LogP contribution in [0.25, 0.3) is 0 Å². The smallest absolute Gasteiger partial charge is 0.0661 e. The number of nitrogens with zero attached hydrogens (tertiary/aromatic N) is 1. The molecule has 0 heterocycles. The van der Waals surface area contributed by atoms with Crippen LogP contribution in [0.5, 0.6) is 0 Å². The van der Waals surface area contributed by atoms with E-state index in [2.05, 4.69) is 80.2 Å². The van der Waals surface area contributed by atoms with E-state index in [4.69, 9.17) is 0 Å². The van der Waals surface area contributed by atoms with Crippen LogP contribution in [-0.4, -0.2) is 0 Å². The Kier molecular flexibility index (Phi) is 15.0. The van der Waals surface area contributed by atoms with Crippen molar-refractivity contribution in [3.05, 3.63) is 39.5 Å². The molecule has 4 fully saturated rings. The predicted octanol–water partition coefficient (Wildman–Crippen LogP) is 10.4. The van der Waals surface area contributed by atoms with Crippen molar-refractivity contribution in [2.45, 2.75) is 112 Å². The van der Waals surface area contributed by atoms with Crippen molar-refractivity contribution < 1.29 is 0 Å². The minimum absolute atomic E-state index is 0.342. The van der Waals surface area contributed by atoms with Crippen molar-refractivity contribution >= 4 is 0 Å². The lowest BCUT2D eigenvalue weighted by Gasteiger charge is -2.61. The lowest BCUT2D eigenvalue weighted by atomic mass is 9.44. The third-order valence-corrected chi connectivity index (χ3v) is 9.72. The number of fused-ring (bicyclic) bond motifs is 5. The van der Waals surface area contributed by atoms with Crippen molar-refractivity contribution in [3.63, 3.8) is 0 Å². The maximum atomic E-state index is 9.59. The van der Waals surface area contributed by atoms with E-state index >= 15 is 0 Å². The van der Waals surface area contributed by atoms with Gasteiger partial charge in [-0.1, -0.05) is 60.3 Å². The van der Waals surface area contributed by atoms with Crippen LogP contribution in [0.2, 0.25) is 0 Å². The minimum atomic E-state index is 0.342. The van der Waals surface area contributed by atoms with E-state index in [1.165, 1.54) is 77.0 Å². The first kappa shape index (κ1) is 31.7. The van der Waals surface area contributed by atoms with Gasteiger partial charge in [-0.25, -0.2) is 0 Å². The number of unbranched alkanes of at least 4 members (excludes halogenated alkanes) is 2. The zero-order valence-electron chi connectivity index (χ0n) is 23.1. The highest BCUT2D eigenvalue weighted by molar-refractivity contribution is 5.12. The summed E-state index contributed by atoms with van der Waals surface area (Å²) >= 11 is 0. The van der Waals surface area contributed by atoms with Crippen molar-refractivity contribution in [1.29, 1.82) is 5.26 Å². The van der Waals surface area contributed by atoms with E-state index in [9.17, 15) is 5.26 Å². The molecule has 8 atom stereocenters. The third kappa shape index (κ3) is 6.87. The van der Waals surface area contributed by atoms with Crippen LogP contribution in [-0.2, 0) is 0 Å². The standard InChI is InChI=1S/C21H33N.C5H12.3C2H4/c1-14-4-5-15-6-8-17-18-9-7-16(13-22)20(18,2)11-10-19(17)21(15,3)12-14;1-3-5-4-2;3*1-2/h14-19H,4-12H2,1-3H3;3-5H2,1-2H3;3*1-2H2. The fourth-order valence-corrected chi connectivity index (χ4v) is 8.23. The van der Waals surface area contributed by atoms with Gasteiger partial charge in [-0.2, -0.15) is 5.26 Å². The first-order chi connectivity index (χ1) is 15.9. The number of nitriles is 1. The third-order valence-electron chi connectivity index (χ3n) is 9.72. The molecular weight excluding hydrogens is 398 g/mol. The molecule has 0 aromatic heterocycles. The average Bonchev–Trinajstić information content (AvgIpc) is 3.19. The number of hydrogen-bond donors (Lipinski definition) is 0. The molecule has 4 saturated carbocycles. The second-order valence-corrected chi connectivity index (χ2v) is 11.2. The lowest BCUT2D eigenvalue weighted by molar-refractivity contribution is -0.115. The van der Waals surface area contributed by atoms with Crippen molar-refractivity contribution in [3.8, 4) is 6.07 Å². The van der Waals surface area contributed by atoms with Gasteiger partial charge in [0.2, 0.25) is 0 Å². The highest BCUT2D eigenvalue weighted by Gasteiger charge is 2.60. The first-order valence-corrected chi connectivity index (χ1v) is 13.8. The monoisotopic (exact) mass is 455 g/mol. The Morgan fingerprint density at radius 1 is 0.758 bits per heavy atom. The lowest BCUT2D eigenvalue weighted by Crippen LogP contribution is -2.53. The highest BCUT2D eigenvalue weighted by Crippen LogP contribution is 2.67. The van der Waals surface area contributed by atoms with Gasteiger partial charge in [0.05, 0.1) is 12.0 Å². The molecular formula is C32H57N. The van der Waals surface area contributed by atoms with Gasteiger partial charge in [-0.05, 0) is 91.8 Å². The summed E-state index contributed by atoms with van der Waals surface area (Å²) in [6.07, 6.45) is 16.7. The van der Waals surface area contributed by atoms with Crippen LogP contribution in [0, 0.1) is 57.7 Å². The molecule has 0 saturated heterocycles. The average molecular weight is 456 g/mol. The Labute approximate surface area is 208 Å². The molecule has 190 valence electrons. The molecule has 0 aromatic carbocycles. The van der Waals surface area contributed by atoms with E-state index < -0.39 is 0 Å². The first-order valence-electron chi connectivity index (χ1n) is 13.8. The largest absolute Gasteiger partial charge is 0.198 e. The molecule has 0 spiro atoms. The van der Waals surface area contributed by atoms with Crippen LogP contribution >= 0.6 is 0 Å². The predicted molar refractivity (Wildman–Crippen MR) is 149 cm³/mol. The Balaban J connectivity index is 0.000000804. The summed E-state index contributed by atoms with van der Waals surface area (Å²) in [5.74, 6) is 5.03. The normalized spacial score (nSPS) is 39.9. The Bertz CT molecular complexity index is 569. The van der Waals surface area contributed by atoms with Crippen molar-refractivity contribution in [1.82, 2.24) is 0 Å². The van der Waals surface area contributed by atoms with Gasteiger partial charge in [-0.3, -0.25) is 0 Å². The summed E-state index contributed by atoms with van der Waals surface area (Å²) in [5, 5.41) is 9.59. The molecule has 33 heavy (non-hydrogen) atoms. The molecule has 0 radical (unpaired) electrons. The Morgan fingerprint density at radius 2 is 1.30 bits per heavy atom. The van der Waals surface area contributed by atoms with Crippen molar-refractivity contribution in [2.24, 2.45) is 46.3 Å². The summed E-state index contributed by atoms with van der Waals surface area (Å²) in [4.78, 5) is 0. The summed E-state index contributed by atoms with van der Waals surface area (Å²) in [7, 11) is 0. The second kappa shape index (κ2) is 15.6. The minimum Gasteiger partial charge on any atom is -0.198 e. The van der Waals surface area contributed by atoms with E-state index in [0.29, 0.717) is 16.7 Å². The highest BCUT2D eigenvalue weighted by atomic mass is 14.6. The van der Waals surface area contributed by atoms with Gasteiger partial charge in [0.1, 0.15) is 0 Å². The molecule has 4 aliphatic rings. The molecule has 0 aliphatic heterocycles. The fraction of sp³-hybridized carbons (Fsp3) is 0.781. The zero-order valence-corrected chi connectivity index (χ0v) is 23.1. The molecule has 8 unspecified atom stereocenters. The van der Waals surface area contributed by atoms with E-state index in [0.717, 1.165) is 29.6 Å². The molecule has 0 bridgehead atoms. The second-order valence-electron chi connectivity index (χ2n) is 11.2. The molecule has 4 aliphatic carbocycles. The van der Waals surface area contributed by atoms with Gasteiger partial charge < -0.3 is 0 Å². The van der Waals surface area contributed by atoms with Crippen LogP contribution in [0.1, 0.15) is 112 Å². The Hall–Kier alpha value is -1.29. The quantitative estimate of drug-likeness (QED) is 0.380. The molecule has 0 aromatic rings. The molecule has 0 amide bonds. The maximum Gasteiger partial charge on any atom is 0.0661 e. The van der Waals surface area contributed by atoms with Crippen molar-refractivity contribution in [2.75, 3.05) is 0 Å². The van der Waals surface area contributed by atoms with Crippen LogP contribution < -0.4 is 0 Å². The van der Waals surface area contributed by atoms with E-state index in [1.807, 2.05) is 0 Å². The van der Waals surface area contributed by atoms with Gasteiger partial charge in [0.25, 0.3) is 0 Å². The number of rotatable bonds is 2. The summed E-state index contributed by atoms with van der Waals surface area (Å²) in [5.41, 5.74) is 0.964. The summed E-state index contributed by atoms with van der Waals surface area (Å²) < 4.78 is 0. The molecule has 0 N–H and O–H groups in total. The van der Waals surface area contributed by atoms with Gasteiger partial charge >= 0.3 is 0 Å². The van der Waals surface area contributed by atoms with E-state index in [1.54, 1.807) is 0 Å². The maximum absolute atomic E-state index is 9.59. The SMILES string of the molecule is C=C.C=C.C=C.CC1CCC2CCC3C4CCC(C#N)C4(C)CCC3C2(C)C1.CCCCC. The van der Waals surface area contributed by atoms with E-state index in [-0.39, 0.29) is 0 Å². The summed E-state index contributed by atoms with van der Waals surface area (Å²) in [6.45, 7) is 30.0. The zero-order chi connectivity index (χ0) is 25.7. The van der Waals surface area contributed by atoms with Crippen LogP contribution in [0.15, 0.2) is 39.5 Å². The van der Waals surface area contributed by atoms with Crippen LogP contribution in [0.3, 0.4) is 0 Å². The van der Waals surface area contributed by atoms with Gasteiger partial charge in [0, 0.05) is 0 Å². The fourth-order valence-electron chi connectivity index (χ4n) is 8.23. The summed E-state index contributed by atoms with van der Waals surface area (Å²) in [6, 6.07) is 2.67. The van der Waals surface area contributed by atoms with Gasteiger partial charge in [-0.15, -0.1) is 39.5 Å².